The summed E-state index contributed by atoms with van der Waals surface area (Å²) in [6.45, 7) is 1.25. The van der Waals surface area contributed by atoms with Crippen LogP contribution in [-0.2, 0) is 9.59 Å². The molecule has 3 rings (SSSR count). The van der Waals surface area contributed by atoms with Crippen molar-refractivity contribution in [2.75, 3.05) is 44.1 Å². The van der Waals surface area contributed by atoms with Crippen LogP contribution in [0.1, 0.15) is 44.9 Å². The number of halogens is 2. The molecule has 3 N–H and O–H groups in total. The standard InChI is InChI=1S/C21H33ClFN7O3/c1-28(2)12-16-8-5-9-30(16)19-17(23)18(24-21(22)25-19)26-27-20(32)15(11-29(33)13-31)10-14-6-3-4-7-14/h13-16,33H,3-12H2,1-2H3,(H,27,32)(H,24,25,26)/t15-,16+/m1/s1. The Kier molecular flexibility index (Phi) is 9.04. The lowest BCUT2D eigenvalue weighted by molar-refractivity contribution is -0.154. The molecule has 1 saturated carbocycles. The normalized spacial score (nSPS) is 19.7. The van der Waals surface area contributed by atoms with Crippen LogP contribution in [0.3, 0.4) is 0 Å². The van der Waals surface area contributed by atoms with Crippen molar-refractivity contribution >= 4 is 35.6 Å². The van der Waals surface area contributed by atoms with Crippen LogP contribution in [0.4, 0.5) is 16.0 Å². The maximum atomic E-state index is 15.3. The van der Waals surface area contributed by atoms with Crippen LogP contribution in [0.25, 0.3) is 0 Å². The molecule has 1 saturated heterocycles. The third-order valence-electron chi connectivity index (χ3n) is 6.33. The van der Waals surface area contributed by atoms with E-state index in [9.17, 15) is 14.8 Å². The van der Waals surface area contributed by atoms with E-state index < -0.39 is 17.6 Å². The highest BCUT2D eigenvalue weighted by Gasteiger charge is 2.31. The number of likely N-dealkylation sites (N-methyl/N-ethyl adjacent to an activating group) is 1. The second-order valence-electron chi connectivity index (χ2n) is 9.16. The van der Waals surface area contributed by atoms with Crippen molar-refractivity contribution in [1.29, 1.82) is 0 Å². The zero-order valence-electron chi connectivity index (χ0n) is 19.1. The summed E-state index contributed by atoms with van der Waals surface area (Å²) < 4.78 is 15.3. The molecule has 2 aliphatic rings. The van der Waals surface area contributed by atoms with Gasteiger partial charge < -0.3 is 9.80 Å². The van der Waals surface area contributed by atoms with Crippen LogP contribution in [-0.4, -0.2) is 77.2 Å². The Labute approximate surface area is 198 Å². The summed E-state index contributed by atoms with van der Waals surface area (Å²) in [5, 5.41) is 9.94. The minimum atomic E-state index is -0.700. The number of carbonyl (C=O) groups is 2. The van der Waals surface area contributed by atoms with E-state index in [1.807, 2.05) is 23.9 Å². The second-order valence-corrected chi connectivity index (χ2v) is 9.49. The molecular weight excluding hydrogens is 453 g/mol. The second kappa shape index (κ2) is 11.8. The van der Waals surface area contributed by atoms with Gasteiger partial charge in [-0.05, 0) is 50.9 Å². The van der Waals surface area contributed by atoms with Crippen molar-refractivity contribution in [2.24, 2.45) is 11.8 Å². The Balaban J connectivity index is 1.71. The Hall–Kier alpha value is -2.24. The molecule has 0 unspecified atom stereocenters. The van der Waals surface area contributed by atoms with Crippen molar-refractivity contribution in [3.05, 3.63) is 11.1 Å². The third kappa shape index (κ3) is 6.87. The lowest BCUT2D eigenvalue weighted by Gasteiger charge is -2.28. The van der Waals surface area contributed by atoms with Crippen molar-refractivity contribution in [1.82, 2.24) is 25.4 Å². The molecule has 12 heteroatoms. The van der Waals surface area contributed by atoms with Gasteiger partial charge in [0, 0.05) is 19.1 Å². The summed E-state index contributed by atoms with van der Waals surface area (Å²) in [7, 11) is 3.92. The monoisotopic (exact) mass is 485 g/mol. The lowest BCUT2D eigenvalue weighted by atomic mass is 9.92. The van der Waals surface area contributed by atoms with Gasteiger partial charge in [-0.1, -0.05) is 25.7 Å². The van der Waals surface area contributed by atoms with E-state index in [0.29, 0.717) is 23.9 Å². The first-order chi connectivity index (χ1) is 15.8. The number of nitrogens with zero attached hydrogens (tertiary/aromatic N) is 5. The molecule has 2 heterocycles. The van der Waals surface area contributed by atoms with Crippen LogP contribution in [0.2, 0.25) is 5.28 Å². The summed E-state index contributed by atoms with van der Waals surface area (Å²) in [5.74, 6) is -1.61. The molecule has 0 radical (unpaired) electrons. The zero-order chi connectivity index (χ0) is 24.0. The van der Waals surface area contributed by atoms with Crippen LogP contribution in [0.5, 0.6) is 0 Å². The molecule has 1 aliphatic heterocycles. The maximum Gasteiger partial charge on any atom is 0.243 e. The number of carbonyl (C=O) groups excluding carboxylic acids is 2. The van der Waals surface area contributed by atoms with Crippen molar-refractivity contribution in [2.45, 2.75) is 51.0 Å². The van der Waals surface area contributed by atoms with E-state index in [-0.39, 0.29) is 35.9 Å². The average molecular weight is 486 g/mol. The van der Waals surface area contributed by atoms with Gasteiger partial charge in [0.05, 0.1) is 12.5 Å². The fourth-order valence-corrected chi connectivity index (χ4v) is 4.98. The molecule has 2 fully saturated rings. The summed E-state index contributed by atoms with van der Waals surface area (Å²) in [4.78, 5) is 35.6. The quantitative estimate of drug-likeness (QED) is 0.189. The first kappa shape index (κ1) is 25.4. The minimum absolute atomic E-state index is 0.0950. The number of hydrogen-bond acceptors (Lipinski definition) is 8. The average Bonchev–Trinajstić information content (AvgIpc) is 3.45. The molecule has 1 aliphatic carbocycles. The van der Waals surface area contributed by atoms with Gasteiger partial charge in [0.2, 0.25) is 23.4 Å². The van der Waals surface area contributed by atoms with E-state index >= 15 is 4.39 Å². The highest BCUT2D eigenvalue weighted by Crippen LogP contribution is 2.32. The van der Waals surface area contributed by atoms with Gasteiger partial charge in [0.25, 0.3) is 0 Å². The molecule has 184 valence electrons. The molecule has 2 amide bonds. The highest BCUT2D eigenvalue weighted by molar-refractivity contribution is 6.28. The molecule has 1 aromatic rings. The van der Waals surface area contributed by atoms with E-state index in [0.717, 1.165) is 45.1 Å². The topological polar surface area (TPSA) is 114 Å². The Morgan fingerprint density at radius 1 is 1.30 bits per heavy atom. The molecule has 33 heavy (non-hydrogen) atoms. The number of rotatable bonds is 11. The van der Waals surface area contributed by atoms with Crippen molar-refractivity contribution in [3.63, 3.8) is 0 Å². The number of hydroxylamine groups is 2. The summed E-state index contributed by atoms with van der Waals surface area (Å²) >= 11 is 6.08. The van der Waals surface area contributed by atoms with Gasteiger partial charge in [0.15, 0.2) is 11.6 Å². The van der Waals surface area contributed by atoms with Gasteiger partial charge in [0.1, 0.15) is 0 Å². The fraction of sp³-hybridized carbons (Fsp3) is 0.714. The van der Waals surface area contributed by atoms with Crippen LogP contribution >= 0.6 is 11.6 Å². The number of hydrazine groups is 1. The Bertz CT molecular complexity index is 825. The van der Waals surface area contributed by atoms with Gasteiger partial charge in [-0.3, -0.25) is 25.6 Å². The van der Waals surface area contributed by atoms with Gasteiger partial charge >= 0.3 is 0 Å². The number of amides is 2. The zero-order valence-corrected chi connectivity index (χ0v) is 19.9. The Morgan fingerprint density at radius 2 is 2.03 bits per heavy atom. The van der Waals surface area contributed by atoms with Gasteiger partial charge in [-0.2, -0.15) is 14.4 Å². The molecule has 0 aromatic carbocycles. The SMILES string of the molecule is CN(C)C[C@@H]1CCCN1c1nc(Cl)nc(NNC(=O)[C@H](CC2CCCC2)CN(O)C=O)c1F. The third-order valence-corrected chi connectivity index (χ3v) is 6.50. The predicted octanol–water partition coefficient (Wildman–Crippen LogP) is 2.29. The lowest BCUT2D eigenvalue weighted by Crippen LogP contribution is -2.41. The van der Waals surface area contributed by atoms with E-state index in [2.05, 4.69) is 20.8 Å². The van der Waals surface area contributed by atoms with E-state index in [1.165, 1.54) is 0 Å². The van der Waals surface area contributed by atoms with Crippen LogP contribution in [0, 0.1) is 17.7 Å². The first-order valence-corrected chi connectivity index (χ1v) is 11.8. The van der Waals surface area contributed by atoms with Crippen molar-refractivity contribution < 1.29 is 19.2 Å². The minimum Gasteiger partial charge on any atom is -0.350 e. The van der Waals surface area contributed by atoms with Crippen LogP contribution in [0.15, 0.2) is 0 Å². The molecule has 0 spiro atoms. The summed E-state index contributed by atoms with van der Waals surface area (Å²) in [6, 6.07) is 0.0950. The molecule has 1 aromatic heterocycles. The van der Waals surface area contributed by atoms with E-state index in [4.69, 9.17) is 11.6 Å². The van der Waals surface area contributed by atoms with Crippen molar-refractivity contribution in [3.8, 4) is 0 Å². The fourth-order valence-electron chi connectivity index (χ4n) is 4.81. The summed E-state index contributed by atoms with van der Waals surface area (Å²) in [6.07, 6.45) is 6.83. The smallest absolute Gasteiger partial charge is 0.243 e. The highest BCUT2D eigenvalue weighted by atomic mass is 35.5. The van der Waals surface area contributed by atoms with Crippen LogP contribution < -0.4 is 15.8 Å². The summed E-state index contributed by atoms with van der Waals surface area (Å²) in [5.41, 5.74) is 5.01. The number of hydrogen-bond donors (Lipinski definition) is 3. The molecule has 10 nitrogen and oxygen atoms in total. The first-order valence-electron chi connectivity index (χ1n) is 11.4. The predicted molar refractivity (Wildman–Crippen MR) is 122 cm³/mol. The molecule has 2 atom stereocenters. The largest absolute Gasteiger partial charge is 0.350 e. The molecule has 0 bridgehead atoms. The van der Waals surface area contributed by atoms with Gasteiger partial charge in [-0.15, -0.1) is 0 Å². The van der Waals surface area contributed by atoms with E-state index in [1.54, 1.807) is 0 Å². The Morgan fingerprint density at radius 3 is 2.70 bits per heavy atom. The number of anilines is 2. The van der Waals surface area contributed by atoms with Gasteiger partial charge in [-0.25, -0.2) is 5.06 Å². The molecular formula is C21H33ClFN7O3. The number of nitrogens with one attached hydrogen (secondary N) is 2. The maximum absolute atomic E-state index is 15.3. The number of aromatic nitrogens is 2.